The van der Waals surface area contributed by atoms with Crippen molar-refractivity contribution in [2.45, 2.75) is 31.6 Å². The fourth-order valence-corrected chi connectivity index (χ4v) is 4.03. The van der Waals surface area contributed by atoms with Crippen LogP contribution in [0.5, 0.6) is 0 Å². The van der Waals surface area contributed by atoms with Crippen molar-refractivity contribution in [1.29, 1.82) is 0 Å². The standard InChI is InChI=1S/C15H16O4S/c1-11(16)15(12(2)17)9-8-14(10-15)20(18,19)13-6-4-3-5-7-13/h3-8H,9-10H2,1-2H3. The van der Waals surface area contributed by atoms with Crippen molar-refractivity contribution in [3.8, 4) is 0 Å². The average molecular weight is 292 g/mol. The Labute approximate surface area is 118 Å². The Morgan fingerprint density at radius 3 is 2.05 bits per heavy atom. The number of sulfone groups is 1. The second-order valence-corrected chi connectivity index (χ2v) is 7.06. The van der Waals surface area contributed by atoms with E-state index >= 15 is 0 Å². The maximum absolute atomic E-state index is 12.5. The molecule has 0 saturated carbocycles. The van der Waals surface area contributed by atoms with E-state index in [4.69, 9.17) is 0 Å². The van der Waals surface area contributed by atoms with Gasteiger partial charge in [0.1, 0.15) is 11.6 Å². The van der Waals surface area contributed by atoms with Crippen LogP contribution in [0.1, 0.15) is 26.7 Å². The molecule has 0 bridgehead atoms. The first-order valence-electron chi connectivity index (χ1n) is 6.32. The minimum absolute atomic E-state index is 0.0328. The zero-order chi connectivity index (χ0) is 15.0. The Balaban J connectivity index is 2.39. The van der Waals surface area contributed by atoms with Gasteiger partial charge in [-0.15, -0.1) is 0 Å². The van der Waals surface area contributed by atoms with E-state index in [1.54, 1.807) is 18.2 Å². The summed E-state index contributed by atoms with van der Waals surface area (Å²) in [4.78, 5) is 23.9. The lowest BCUT2D eigenvalue weighted by atomic mass is 9.78. The van der Waals surface area contributed by atoms with Crippen LogP contribution in [0.25, 0.3) is 0 Å². The van der Waals surface area contributed by atoms with Gasteiger partial charge in [0.2, 0.25) is 9.84 Å². The third kappa shape index (κ3) is 2.22. The largest absolute Gasteiger partial charge is 0.299 e. The van der Waals surface area contributed by atoms with Gasteiger partial charge in [0.25, 0.3) is 0 Å². The molecule has 0 saturated heterocycles. The number of carbonyl (C=O) groups excluding carboxylic acids is 2. The monoisotopic (exact) mass is 292 g/mol. The Morgan fingerprint density at radius 1 is 1.05 bits per heavy atom. The van der Waals surface area contributed by atoms with Gasteiger partial charge in [-0.1, -0.05) is 24.3 Å². The van der Waals surface area contributed by atoms with Gasteiger partial charge in [-0.25, -0.2) is 8.42 Å². The van der Waals surface area contributed by atoms with Gasteiger partial charge >= 0.3 is 0 Å². The first-order valence-corrected chi connectivity index (χ1v) is 7.80. The van der Waals surface area contributed by atoms with Gasteiger partial charge in [0.05, 0.1) is 10.3 Å². The van der Waals surface area contributed by atoms with E-state index in [0.717, 1.165) is 0 Å². The summed E-state index contributed by atoms with van der Waals surface area (Å²) in [5.41, 5.74) is -1.20. The lowest BCUT2D eigenvalue weighted by Crippen LogP contribution is -2.34. The van der Waals surface area contributed by atoms with Gasteiger partial charge in [-0.05, 0) is 32.4 Å². The molecular formula is C15H16O4S. The summed E-state index contributed by atoms with van der Waals surface area (Å²) < 4.78 is 25.0. The summed E-state index contributed by atoms with van der Waals surface area (Å²) >= 11 is 0. The summed E-state index contributed by atoms with van der Waals surface area (Å²) in [6.45, 7) is 2.68. The summed E-state index contributed by atoms with van der Waals surface area (Å²) in [5, 5.41) is 0. The van der Waals surface area contributed by atoms with Crippen LogP contribution in [0.2, 0.25) is 0 Å². The quantitative estimate of drug-likeness (QED) is 0.799. The number of hydrogen-bond acceptors (Lipinski definition) is 4. The highest BCUT2D eigenvalue weighted by Gasteiger charge is 2.46. The Morgan fingerprint density at radius 2 is 1.60 bits per heavy atom. The highest BCUT2D eigenvalue weighted by Crippen LogP contribution is 2.42. The highest BCUT2D eigenvalue weighted by atomic mass is 32.2. The van der Waals surface area contributed by atoms with Gasteiger partial charge in [0.15, 0.2) is 0 Å². The second kappa shape index (κ2) is 4.98. The van der Waals surface area contributed by atoms with E-state index in [9.17, 15) is 18.0 Å². The molecule has 106 valence electrons. The van der Waals surface area contributed by atoms with Crippen molar-refractivity contribution in [2.24, 2.45) is 5.41 Å². The van der Waals surface area contributed by atoms with Crippen LogP contribution in [-0.4, -0.2) is 20.0 Å². The molecule has 5 heteroatoms. The predicted molar refractivity (Wildman–Crippen MR) is 74.7 cm³/mol. The number of Topliss-reactive ketones (excluding diaryl/α,β-unsaturated/α-hetero) is 2. The van der Waals surface area contributed by atoms with Crippen LogP contribution in [0.3, 0.4) is 0 Å². The number of rotatable bonds is 4. The molecule has 0 N–H and O–H groups in total. The third-order valence-corrected chi connectivity index (χ3v) is 5.79. The summed E-state index contributed by atoms with van der Waals surface area (Å²) in [6, 6.07) is 8.05. The third-order valence-electron chi connectivity index (χ3n) is 3.90. The zero-order valence-electron chi connectivity index (χ0n) is 11.4. The molecule has 0 amide bonds. The van der Waals surface area contributed by atoms with Crippen LogP contribution in [0.4, 0.5) is 0 Å². The van der Waals surface area contributed by atoms with Crippen molar-refractivity contribution in [2.75, 3.05) is 0 Å². The molecule has 20 heavy (non-hydrogen) atoms. The number of ketones is 2. The number of benzene rings is 1. The minimum atomic E-state index is -3.62. The molecule has 0 radical (unpaired) electrons. The van der Waals surface area contributed by atoms with Crippen LogP contribution >= 0.6 is 0 Å². The SMILES string of the molecule is CC(=O)C1(C(C)=O)CC=C(S(=O)(=O)c2ccccc2)C1. The summed E-state index contributed by atoms with van der Waals surface area (Å²) in [6.07, 6.45) is 1.64. The maximum Gasteiger partial charge on any atom is 0.202 e. The van der Waals surface area contributed by atoms with E-state index in [2.05, 4.69) is 0 Å². The van der Waals surface area contributed by atoms with Crippen molar-refractivity contribution < 1.29 is 18.0 Å². The van der Waals surface area contributed by atoms with E-state index in [1.165, 1.54) is 32.1 Å². The van der Waals surface area contributed by atoms with E-state index in [-0.39, 0.29) is 34.2 Å². The van der Waals surface area contributed by atoms with Crippen LogP contribution in [0.15, 0.2) is 46.2 Å². The van der Waals surface area contributed by atoms with E-state index < -0.39 is 15.3 Å². The predicted octanol–water partition coefficient (Wildman–Crippen LogP) is 2.30. The van der Waals surface area contributed by atoms with Gasteiger partial charge in [-0.3, -0.25) is 9.59 Å². The van der Waals surface area contributed by atoms with Crippen molar-refractivity contribution in [1.82, 2.24) is 0 Å². The Kier molecular flexibility index (Phi) is 3.65. The normalized spacial score (nSPS) is 17.6. The summed E-state index contributed by atoms with van der Waals surface area (Å²) in [7, 11) is -3.62. The van der Waals surface area contributed by atoms with Crippen LogP contribution in [-0.2, 0) is 19.4 Å². The molecule has 4 nitrogen and oxygen atoms in total. The lowest BCUT2D eigenvalue weighted by molar-refractivity contribution is -0.137. The first kappa shape index (κ1) is 14.7. The number of hydrogen-bond donors (Lipinski definition) is 0. The molecule has 1 aliphatic carbocycles. The first-order chi connectivity index (χ1) is 9.30. The molecule has 1 aromatic carbocycles. The highest BCUT2D eigenvalue weighted by molar-refractivity contribution is 7.95. The van der Waals surface area contributed by atoms with Crippen molar-refractivity contribution >= 4 is 21.4 Å². The Bertz CT molecular complexity index is 670. The smallest absolute Gasteiger partial charge is 0.202 e. The lowest BCUT2D eigenvalue weighted by Gasteiger charge is -2.22. The molecule has 0 atom stereocenters. The molecule has 0 spiro atoms. The van der Waals surface area contributed by atoms with Gasteiger partial charge in [0, 0.05) is 11.3 Å². The molecule has 1 aromatic rings. The molecule has 0 unspecified atom stereocenters. The van der Waals surface area contributed by atoms with Crippen molar-refractivity contribution in [3.63, 3.8) is 0 Å². The number of carbonyl (C=O) groups is 2. The van der Waals surface area contributed by atoms with Crippen LogP contribution < -0.4 is 0 Å². The molecule has 0 heterocycles. The second-order valence-electron chi connectivity index (χ2n) is 5.06. The molecule has 2 rings (SSSR count). The Hall–Kier alpha value is -1.75. The maximum atomic E-state index is 12.5. The molecule has 0 fully saturated rings. The average Bonchev–Trinajstić information content (AvgIpc) is 2.87. The van der Waals surface area contributed by atoms with Crippen molar-refractivity contribution in [3.05, 3.63) is 41.3 Å². The van der Waals surface area contributed by atoms with Gasteiger partial charge < -0.3 is 0 Å². The fourth-order valence-electron chi connectivity index (χ4n) is 2.47. The van der Waals surface area contributed by atoms with E-state index in [0.29, 0.717) is 0 Å². The fraction of sp³-hybridized carbons (Fsp3) is 0.333. The minimum Gasteiger partial charge on any atom is -0.299 e. The molecule has 1 aliphatic rings. The van der Waals surface area contributed by atoms with Gasteiger partial charge in [-0.2, -0.15) is 0 Å². The zero-order valence-corrected chi connectivity index (χ0v) is 12.2. The van der Waals surface area contributed by atoms with E-state index in [1.807, 2.05) is 0 Å². The molecule has 0 aliphatic heterocycles. The molecular weight excluding hydrogens is 276 g/mol. The molecule has 0 aromatic heterocycles. The topological polar surface area (TPSA) is 68.3 Å². The summed E-state index contributed by atoms with van der Waals surface area (Å²) in [5.74, 6) is -0.556. The number of allylic oxidation sites excluding steroid dienone is 2. The van der Waals surface area contributed by atoms with Crippen LogP contribution in [0, 0.1) is 5.41 Å².